The number of methoxy groups -OCH3 is 2. The SMILES string of the molecule is COCCN(Cc1ccc2c(c1)CCCN2)C(C)COC. The third-order valence-electron chi connectivity index (χ3n) is 4.11. The second kappa shape index (κ2) is 8.37. The topological polar surface area (TPSA) is 33.7 Å². The van der Waals surface area contributed by atoms with Gasteiger partial charge in [-0.3, -0.25) is 4.90 Å². The second-order valence-corrected chi connectivity index (χ2v) is 5.79. The van der Waals surface area contributed by atoms with Gasteiger partial charge in [0.1, 0.15) is 0 Å². The lowest BCUT2D eigenvalue weighted by molar-refractivity contribution is 0.0705. The van der Waals surface area contributed by atoms with E-state index in [-0.39, 0.29) is 0 Å². The van der Waals surface area contributed by atoms with E-state index < -0.39 is 0 Å². The van der Waals surface area contributed by atoms with Crippen LogP contribution in [0.25, 0.3) is 0 Å². The lowest BCUT2D eigenvalue weighted by Gasteiger charge is -2.29. The third-order valence-corrected chi connectivity index (χ3v) is 4.11. The summed E-state index contributed by atoms with van der Waals surface area (Å²) in [6.07, 6.45) is 2.41. The molecule has 0 aromatic heterocycles. The van der Waals surface area contributed by atoms with E-state index in [2.05, 4.69) is 35.3 Å². The highest BCUT2D eigenvalue weighted by atomic mass is 16.5. The Morgan fingerprint density at radius 2 is 2.14 bits per heavy atom. The largest absolute Gasteiger partial charge is 0.385 e. The van der Waals surface area contributed by atoms with Gasteiger partial charge in [-0.2, -0.15) is 0 Å². The van der Waals surface area contributed by atoms with Gasteiger partial charge in [-0.05, 0) is 37.0 Å². The van der Waals surface area contributed by atoms with E-state index in [1.807, 2.05) is 0 Å². The predicted octanol–water partition coefficient (Wildman–Crippen LogP) is 2.53. The average molecular weight is 292 g/mol. The molecule has 1 aliphatic heterocycles. The number of nitrogens with zero attached hydrogens (tertiary/aromatic N) is 1. The van der Waals surface area contributed by atoms with Gasteiger partial charge in [-0.15, -0.1) is 0 Å². The van der Waals surface area contributed by atoms with Gasteiger partial charge in [0.2, 0.25) is 0 Å². The van der Waals surface area contributed by atoms with Crippen molar-refractivity contribution >= 4 is 5.69 Å². The van der Waals surface area contributed by atoms with Crippen LogP contribution in [0.4, 0.5) is 5.69 Å². The van der Waals surface area contributed by atoms with Crippen LogP contribution < -0.4 is 5.32 Å². The van der Waals surface area contributed by atoms with Crippen LogP contribution in [-0.2, 0) is 22.4 Å². The lowest BCUT2D eigenvalue weighted by atomic mass is 10.0. The van der Waals surface area contributed by atoms with E-state index in [1.165, 1.54) is 29.7 Å². The molecule has 1 aliphatic rings. The van der Waals surface area contributed by atoms with Crippen LogP contribution in [0.5, 0.6) is 0 Å². The van der Waals surface area contributed by atoms with Gasteiger partial charge in [0.15, 0.2) is 0 Å². The van der Waals surface area contributed by atoms with Crippen molar-refractivity contribution in [3.63, 3.8) is 0 Å². The highest BCUT2D eigenvalue weighted by molar-refractivity contribution is 5.54. The van der Waals surface area contributed by atoms with Crippen LogP contribution in [0.3, 0.4) is 0 Å². The van der Waals surface area contributed by atoms with Crippen molar-refractivity contribution in [2.45, 2.75) is 32.4 Å². The normalized spacial score (nSPS) is 15.6. The molecule has 0 fully saturated rings. The minimum atomic E-state index is 0.388. The van der Waals surface area contributed by atoms with Crippen molar-refractivity contribution in [2.24, 2.45) is 0 Å². The first kappa shape index (κ1) is 16.3. The Kier molecular flexibility index (Phi) is 6.49. The number of rotatable bonds is 8. The van der Waals surface area contributed by atoms with Crippen molar-refractivity contribution in [2.75, 3.05) is 45.8 Å². The molecule has 0 saturated carbocycles. The number of nitrogens with one attached hydrogen (secondary N) is 1. The molecule has 1 unspecified atom stereocenters. The molecule has 1 atom stereocenters. The Morgan fingerprint density at radius 3 is 2.90 bits per heavy atom. The molecule has 4 nitrogen and oxygen atoms in total. The Balaban J connectivity index is 2.04. The number of hydrogen-bond donors (Lipinski definition) is 1. The Labute approximate surface area is 128 Å². The summed E-state index contributed by atoms with van der Waals surface area (Å²) in [6.45, 7) is 6.67. The van der Waals surface area contributed by atoms with Crippen molar-refractivity contribution in [3.05, 3.63) is 29.3 Å². The van der Waals surface area contributed by atoms with Crippen molar-refractivity contribution in [3.8, 4) is 0 Å². The van der Waals surface area contributed by atoms with Crippen molar-refractivity contribution in [1.82, 2.24) is 4.90 Å². The van der Waals surface area contributed by atoms with Crippen LogP contribution in [-0.4, -0.2) is 51.5 Å². The Bertz CT molecular complexity index is 437. The number of benzene rings is 1. The smallest absolute Gasteiger partial charge is 0.0615 e. The molecule has 0 saturated heterocycles. The highest BCUT2D eigenvalue weighted by Gasteiger charge is 2.15. The fourth-order valence-electron chi connectivity index (χ4n) is 2.87. The van der Waals surface area contributed by atoms with E-state index in [9.17, 15) is 0 Å². The molecule has 0 bridgehead atoms. The molecule has 1 heterocycles. The highest BCUT2D eigenvalue weighted by Crippen LogP contribution is 2.23. The van der Waals surface area contributed by atoms with Crippen molar-refractivity contribution in [1.29, 1.82) is 0 Å². The van der Waals surface area contributed by atoms with E-state index in [0.717, 1.165) is 32.8 Å². The first-order valence-electron chi connectivity index (χ1n) is 7.82. The first-order chi connectivity index (χ1) is 10.2. The molecule has 0 amide bonds. The zero-order valence-electron chi connectivity index (χ0n) is 13.5. The van der Waals surface area contributed by atoms with Gasteiger partial charge >= 0.3 is 0 Å². The summed E-state index contributed by atoms with van der Waals surface area (Å²) in [5.74, 6) is 0. The lowest BCUT2D eigenvalue weighted by Crippen LogP contribution is -2.38. The summed E-state index contributed by atoms with van der Waals surface area (Å²) in [4.78, 5) is 2.42. The predicted molar refractivity (Wildman–Crippen MR) is 86.9 cm³/mol. The summed E-state index contributed by atoms with van der Waals surface area (Å²) >= 11 is 0. The molecule has 2 rings (SSSR count). The first-order valence-corrected chi connectivity index (χ1v) is 7.82. The molecule has 0 aliphatic carbocycles. The summed E-state index contributed by atoms with van der Waals surface area (Å²) in [5, 5.41) is 3.47. The monoisotopic (exact) mass is 292 g/mol. The summed E-state index contributed by atoms with van der Waals surface area (Å²) < 4.78 is 10.5. The zero-order chi connectivity index (χ0) is 15.1. The van der Waals surface area contributed by atoms with Crippen molar-refractivity contribution < 1.29 is 9.47 Å². The summed E-state index contributed by atoms with van der Waals surface area (Å²) in [5.41, 5.74) is 4.12. The molecule has 21 heavy (non-hydrogen) atoms. The number of aryl methyl sites for hydroxylation is 1. The van der Waals surface area contributed by atoms with E-state index >= 15 is 0 Å². The molecule has 118 valence electrons. The standard InChI is InChI=1S/C17H28N2O2/c1-14(13-21-3)19(9-10-20-2)12-15-6-7-17-16(11-15)5-4-8-18-17/h6-7,11,14,18H,4-5,8-10,12-13H2,1-3H3. The number of fused-ring (bicyclic) bond motifs is 1. The van der Waals surface area contributed by atoms with Gasteiger partial charge in [0.05, 0.1) is 13.2 Å². The molecule has 1 aromatic carbocycles. The Hall–Kier alpha value is -1.10. The maximum absolute atomic E-state index is 5.30. The fraction of sp³-hybridized carbons (Fsp3) is 0.647. The van der Waals surface area contributed by atoms with E-state index in [1.54, 1.807) is 14.2 Å². The fourth-order valence-corrected chi connectivity index (χ4v) is 2.87. The maximum Gasteiger partial charge on any atom is 0.0615 e. The van der Waals surface area contributed by atoms with Gasteiger partial charge in [0, 0.05) is 45.6 Å². The van der Waals surface area contributed by atoms with Crippen LogP contribution in [0.1, 0.15) is 24.5 Å². The third kappa shape index (κ3) is 4.70. The summed E-state index contributed by atoms with van der Waals surface area (Å²) in [6, 6.07) is 7.19. The molecule has 0 radical (unpaired) electrons. The minimum Gasteiger partial charge on any atom is -0.385 e. The van der Waals surface area contributed by atoms with Crippen LogP contribution >= 0.6 is 0 Å². The van der Waals surface area contributed by atoms with E-state index in [0.29, 0.717) is 6.04 Å². The van der Waals surface area contributed by atoms with Crippen LogP contribution in [0.2, 0.25) is 0 Å². The second-order valence-electron chi connectivity index (χ2n) is 5.79. The molecule has 0 spiro atoms. The quantitative estimate of drug-likeness (QED) is 0.798. The zero-order valence-corrected chi connectivity index (χ0v) is 13.5. The molecule has 1 N–H and O–H groups in total. The Morgan fingerprint density at radius 1 is 1.29 bits per heavy atom. The van der Waals surface area contributed by atoms with Gasteiger partial charge in [0.25, 0.3) is 0 Å². The number of ether oxygens (including phenoxy) is 2. The average Bonchev–Trinajstić information content (AvgIpc) is 2.51. The molecular formula is C17H28N2O2. The number of hydrogen-bond acceptors (Lipinski definition) is 4. The minimum absolute atomic E-state index is 0.388. The van der Waals surface area contributed by atoms with E-state index in [4.69, 9.17) is 9.47 Å². The molecule has 1 aromatic rings. The van der Waals surface area contributed by atoms with Crippen LogP contribution in [0, 0.1) is 0 Å². The van der Waals surface area contributed by atoms with Crippen LogP contribution in [0.15, 0.2) is 18.2 Å². The molecule has 4 heteroatoms. The maximum atomic E-state index is 5.30. The molecular weight excluding hydrogens is 264 g/mol. The number of anilines is 1. The van der Waals surface area contributed by atoms with Gasteiger partial charge in [-0.1, -0.05) is 12.1 Å². The van der Waals surface area contributed by atoms with Gasteiger partial charge < -0.3 is 14.8 Å². The summed E-state index contributed by atoms with van der Waals surface area (Å²) in [7, 11) is 3.51. The van der Waals surface area contributed by atoms with Gasteiger partial charge in [-0.25, -0.2) is 0 Å².